The quantitative estimate of drug-likeness (QED) is 0.946. The van der Waals surface area contributed by atoms with Crippen LogP contribution in [0, 0.1) is 0 Å². The zero-order valence-electron chi connectivity index (χ0n) is 9.11. The van der Waals surface area contributed by atoms with Gasteiger partial charge in [-0.1, -0.05) is 34.5 Å². The van der Waals surface area contributed by atoms with Gasteiger partial charge in [-0.3, -0.25) is 10.1 Å². The normalized spacial score (nSPS) is 10.2. The highest BCUT2D eigenvalue weighted by atomic mass is 35.5. The summed E-state index contributed by atoms with van der Waals surface area (Å²) in [5.41, 5.74) is 1.84. The van der Waals surface area contributed by atoms with Crippen LogP contribution in [0.15, 0.2) is 17.6 Å². The van der Waals surface area contributed by atoms with E-state index in [4.69, 9.17) is 27.9 Å². The molecule has 0 radical (unpaired) electrons. The molecule has 0 bridgehead atoms. The second-order valence-corrected chi connectivity index (χ2v) is 4.82. The lowest BCUT2D eigenvalue weighted by molar-refractivity contribution is 0.102. The van der Waals surface area contributed by atoms with Crippen LogP contribution < -0.4 is 10.1 Å². The number of carbonyl (C=O) groups excluding carboxylic acids is 1. The van der Waals surface area contributed by atoms with Gasteiger partial charge in [-0.05, 0) is 12.1 Å². The summed E-state index contributed by atoms with van der Waals surface area (Å²) in [6.07, 6.45) is 0. The molecule has 1 N–H and O–H groups in total. The zero-order valence-corrected chi connectivity index (χ0v) is 11.4. The van der Waals surface area contributed by atoms with Crippen LogP contribution in [0.25, 0.3) is 0 Å². The smallest absolute Gasteiger partial charge is 0.257 e. The molecule has 2 aromatic rings. The van der Waals surface area contributed by atoms with E-state index in [-0.39, 0.29) is 16.0 Å². The Balaban J connectivity index is 2.26. The average molecular weight is 304 g/mol. The monoisotopic (exact) mass is 303 g/mol. The van der Waals surface area contributed by atoms with Crippen LogP contribution in [-0.4, -0.2) is 23.2 Å². The lowest BCUT2D eigenvalue weighted by Gasteiger charge is -2.08. The first-order valence-corrected chi connectivity index (χ1v) is 6.36. The van der Waals surface area contributed by atoms with Crippen LogP contribution in [0.1, 0.15) is 10.4 Å². The van der Waals surface area contributed by atoms with Gasteiger partial charge in [0.2, 0.25) is 5.13 Å². The summed E-state index contributed by atoms with van der Waals surface area (Å²) in [7, 11) is 1.45. The van der Waals surface area contributed by atoms with E-state index >= 15 is 0 Å². The van der Waals surface area contributed by atoms with Crippen LogP contribution in [-0.2, 0) is 0 Å². The summed E-state index contributed by atoms with van der Waals surface area (Å²) in [6.45, 7) is 0. The van der Waals surface area contributed by atoms with E-state index in [1.54, 1.807) is 0 Å². The summed E-state index contributed by atoms with van der Waals surface area (Å²) in [5.74, 6) is -0.0241. The Morgan fingerprint density at radius 1 is 1.39 bits per heavy atom. The maximum atomic E-state index is 11.9. The van der Waals surface area contributed by atoms with Crippen molar-refractivity contribution in [3.8, 4) is 5.75 Å². The SMILES string of the molecule is COc1c(Cl)cc(C(=O)Nc2nncs2)cc1Cl. The summed E-state index contributed by atoms with van der Waals surface area (Å²) >= 11 is 13.1. The van der Waals surface area contributed by atoms with Gasteiger partial charge in [0, 0.05) is 5.56 Å². The van der Waals surface area contributed by atoms with E-state index in [1.807, 2.05) is 0 Å². The molecule has 0 aliphatic rings. The molecule has 8 heteroatoms. The predicted molar refractivity (Wildman–Crippen MR) is 70.9 cm³/mol. The van der Waals surface area contributed by atoms with Crippen molar-refractivity contribution in [2.24, 2.45) is 0 Å². The molecule has 1 aromatic carbocycles. The fraction of sp³-hybridized carbons (Fsp3) is 0.100. The molecule has 0 saturated heterocycles. The molecule has 0 unspecified atom stereocenters. The van der Waals surface area contributed by atoms with Gasteiger partial charge < -0.3 is 4.74 Å². The molecule has 18 heavy (non-hydrogen) atoms. The predicted octanol–water partition coefficient (Wildman–Crippen LogP) is 3.11. The topological polar surface area (TPSA) is 64.1 Å². The molecule has 0 saturated carbocycles. The van der Waals surface area contributed by atoms with Gasteiger partial charge in [0.25, 0.3) is 5.91 Å². The van der Waals surface area contributed by atoms with Gasteiger partial charge in [0.15, 0.2) is 5.75 Å². The molecular formula is C10H7Cl2N3O2S. The van der Waals surface area contributed by atoms with Crippen molar-refractivity contribution < 1.29 is 9.53 Å². The molecule has 0 aliphatic carbocycles. The van der Waals surface area contributed by atoms with Gasteiger partial charge >= 0.3 is 0 Å². The van der Waals surface area contributed by atoms with Crippen LogP contribution in [0.3, 0.4) is 0 Å². The fourth-order valence-corrected chi connectivity index (χ4v) is 2.36. The standard InChI is InChI=1S/C10H7Cl2N3O2S/c1-17-8-6(11)2-5(3-7(8)12)9(16)14-10-15-13-4-18-10/h2-4H,1H3,(H,14,15,16). The minimum absolute atomic E-state index is 0.271. The molecule has 5 nitrogen and oxygen atoms in total. The Bertz CT molecular complexity index is 552. The number of hydrogen-bond donors (Lipinski definition) is 1. The number of methoxy groups -OCH3 is 1. The molecule has 0 spiro atoms. The molecule has 0 atom stereocenters. The number of carbonyl (C=O) groups is 1. The first-order valence-electron chi connectivity index (χ1n) is 4.72. The molecule has 1 heterocycles. The third-order valence-electron chi connectivity index (χ3n) is 2.05. The number of benzene rings is 1. The van der Waals surface area contributed by atoms with Crippen molar-refractivity contribution in [2.45, 2.75) is 0 Å². The van der Waals surface area contributed by atoms with E-state index in [0.29, 0.717) is 16.4 Å². The Labute approximate surface area is 117 Å². The van der Waals surface area contributed by atoms with Gasteiger partial charge in [-0.15, -0.1) is 10.2 Å². The van der Waals surface area contributed by atoms with Crippen LogP contribution in [0.2, 0.25) is 10.0 Å². The maximum Gasteiger partial charge on any atom is 0.257 e. The second kappa shape index (κ2) is 5.51. The highest BCUT2D eigenvalue weighted by Gasteiger charge is 2.14. The van der Waals surface area contributed by atoms with Crippen LogP contribution in [0.4, 0.5) is 5.13 Å². The Hall–Kier alpha value is -1.37. The van der Waals surface area contributed by atoms with Crippen molar-refractivity contribution in [3.63, 3.8) is 0 Å². The first kappa shape index (κ1) is 13.1. The van der Waals surface area contributed by atoms with E-state index < -0.39 is 0 Å². The summed E-state index contributed by atoms with van der Waals surface area (Å²) in [4.78, 5) is 11.9. The lowest BCUT2D eigenvalue weighted by atomic mass is 10.2. The number of anilines is 1. The van der Waals surface area contributed by atoms with Gasteiger partial charge in [0.05, 0.1) is 17.2 Å². The number of aromatic nitrogens is 2. The van der Waals surface area contributed by atoms with Gasteiger partial charge in [-0.2, -0.15) is 0 Å². The van der Waals surface area contributed by atoms with Gasteiger partial charge in [0.1, 0.15) is 5.51 Å². The zero-order chi connectivity index (χ0) is 13.1. The number of hydrogen-bond acceptors (Lipinski definition) is 5. The number of amides is 1. The molecular weight excluding hydrogens is 297 g/mol. The number of rotatable bonds is 3. The maximum absolute atomic E-state index is 11.9. The molecule has 0 fully saturated rings. The Morgan fingerprint density at radius 2 is 2.06 bits per heavy atom. The van der Waals surface area contributed by atoms with Crippen LogP contribution >= 0.6 is 34.5 Å². The van der Waals surface area contributed by atoms with Crippen molar-refractivity contribution in [1.29, 1.82) is 0 Å². The average Bonchev–Trinajstić information content (AvgIpc) is 2.81. The second-order valence-electron chi connectivity index (χ2n) is 3.17. The third kappa shape index (κ3) is 2.72. The minimum atomic E-state index is -0.363. The number of nitrogens with zero attached hydrogens (tertiary/aromatic N) is 2. The summed E-state index contributed by atoms with van der Waals surface area (Å²) in [5, 5.41) is 10.8. The van der Waals surface area contributed by atoms with E-state index in [2.05, 4.69) is 15.5 Å². The number of halogens is 2. The fourth-order valence-electron chi connectivity index (χ4n) is 1.28. The molecule has 94 valence electrons. The lowest BCUT2D eigenvalue weighted by Crippen LogP contribution is -2.12. The largest absolute Gasteiger partial charge is 0.494 e. The van der Waals surface area contributed by atoms with E-state index in [1.165, 1.54) is 36.1 Å². The molecule has 1 amide bonds. The third-order valence-corrected chi connectivity index (χ3v) is 3.21. The minimum Gasteiger partial charge on any atom is -0.494 e. The first-order chi connectivity index (χ1) is 8.61. The van der Waals surface area contributed by atoms with Crippen molar-refractivity contribution in [3.05, 3.63) is 33.3 Å². The molecule has 0 aliphatic heterocycles. The van der Waals surface area contributed by atoms with Crippen LogP contribution in [0.5, 0.6) is 5.75 Å². The van der Waals surface area contributed by atoms with Crippen molar-refractivity contribution >= 4 is 45.6 Å². The van der Waals surface area contributed by atoms with E-state index in [9.17, 15) is 4.79 Å². The molecule has 1 aromatic heterocycles. The molecule has 2 rings (SSSR count). The van der Waals surface area contributed by atoms with E-state index in [0.717, 1.165) is 0 Å². The Kier molecular flexibility index (Phi) is 4.00. The highest BCUT2D eigenvalue weighted by molar-refractivity contribution is 7.13. The number of ether oxygens (including phenoxy) is 1. The van der Waals surface area contributed by atoms with Gasteiger partial charge in [-0.25, -0.2) is 0 Å². The van der Waals surface area contributed by atoms with Crippen molar-refractivity contribution in [1.82, 2.24) is 10.2 Å². The Morgan fingerprint density at radius 3 is 2.56 bits per heavy atom. The summed E-state index contributed by atoms with van der Waals surface area (Å²) in [6, 6.07) is 2.95. The summed E-state index contributed by atoms with van der Waals surface area (Å²) < 4.78 is 5.00. The number of nitrogens with one attached hydrogen (secondary N) is 1. The highest BCUT2D eigenvalue weighted by Crippen LogP contribution is 2.33. The van der Waals surface area contributed by atoms with Crippen molar-refractivity contribution in [2.75, 3.05) is 12.4 Å².